The lowest BCUT2D eigenvalue weighted by atomic mass is 9.89. The summed E-state index contributed by atoms with van der Waals surface area (Å²) >= 11 is 0. The lowest BCUT2D eigenvalue weighted by molar-refractivity contribution is -0.142. The van der Waals surface area contributed by atoms with Crippen LogP contribution in [0, 0.1) is 17.8 Å². The second-order valence-electron chi connectivity index (χ2n) is 8.67. The van der Waals surface area contributed by atoms with E-state index in [0.29, 0.717) is 12.8 Å². The number of carboxylic acids is 1. The van der Waals surface area contributed by atoms with Gasteiger partial charge in [0.1, 0.15) is 6.61 Å². The van der Waals surface area contributed by atoms with Gasteiger partial charge in [0, 0.05) is 18.0 Å². The fourth-order valence-corrected chi connectivity index (χ4v) is 5.52. The van der Waals surface area contributed by atoms with E-state index in [1.165, 1.54) is 0 Å². The molecular formula is C26H24N2O5. The lowest BCUT2D eigenvalue weighted by Gasteiger charge is -2.20. The first-order chi connectivity index (χ1) is 16.0. The molecule has 2 N–H and O–H groups in total. The molecule has 3 aliphatic rings. The van der Waals surface area contributed by atoms with Crippen molar-refractivity contribution in [3.05, 3.63) is 59.7 Å². The van der Waals surface area contributed by atoms with Crippen LogP contribution in [-0.4, -0.2) is 53.2 Å². The number of nitrogens with one attached hydrogen (secondary N) is 1. The van der Waals surface area contributed by atoms with E-state index >= 15 is 0 Å². The largest absolute Gasteiger partial charge is 0.481 e. The molecular weight excluding hydrogens is 420 g/mol. The Morgan fingerprint density at radius 3 is 2.33 bits per heavy atom. The van der Waals surface area contributed by atoms with Gasteiger partial charge in [-0.15, -0.1) is 0 Å². The number of alkyl carbamates (subject to hydrolysis) is 1. The highest BCUT2D eigenvalue weighted by Gasteiger charge is 2.51. The quantitative estimate of drug-likeness (QED) is 0.707. The highest BCUT2D eigenvalue weighted by Crippen LogP contribution is 2.44. The number of carbonyl (C=O) groups excluding carboxylic acids is 2. The number of amides is 2. The average molecular weight is 444 g/mol. The van der Waals surface area contributed by atoms with Crippen molar-refractivity contribution in [2.45, 2.75) is 37.3 Å². The van der Waals surface area contributed by atoms with Crippen molar-refractivity contribution in [3.8, 4) is 23.0 Å². The molecule has 2 fully saturated rings. The van der Waals surface area contributed by atoms with Crippen LogP contribution in [0.1, 0.15) is 36.3 Å². The summed E-state index contributed by atoms with van der Waals surface area (Å²) in [6.45, 7) is 0.188. The summed E-state index contributed by atoms with van der Waals surface area (Å²) in [6, 6.07) is 15.9. The Bertz CT molecular complexity index is 1130. The molecule has 2 amide bonds. The van der Waals surface area contributed by atoms with Crippen LogP contribution in [0.3, 0.4) is 0 Å². The van der Waals surface area contributed by atoms with E-state index < -0.39 is 18.0 Å². The fraction of sp³-hybridized carbons (Fsp3) is 0.346. The Balaban J connectivity index is 1.14. The van der Waals surface area contributed by atoms with Gasteiger partial charge < -0.3 is 20.1 Å². The second-order valence-corrected chi connectivity index (χ2v) is 8.67. The van der Waals surface area contributed by atoms with Crippen molar-refractivity contribution in [1.29, 1.82) is 0 Å². The summed E-state index contributed by atoms with van der Waals surface area (Å²) in [5, 5.41) is 11.9. The Kier molecular flexibility index (Phi) is 5.51. The van der Waals surface area contributed by atoms with Crippen LogP contribution < -0.4 is 5.32 Å². The van der Waals surface area contributed by atoms with Gasteiger partial charge in [-0.3, -0.25) is 9.59 Å². The molecule has 5 rings (SSSR count). The third-order valence-corrected chi connectivity index (χ3v) is 6.95. The number of benzene rings is 2. The van der Waals surface area contributed by atoms with Gasteiger partial charge in [-0.2, -0.15) is 0 Å². The number of ether oxygens (including phenoxy) is 1. The van der Waals surface area contributed by atoms with Crippen molar-refractivity contribution in [1.82, 2.24) is 10.2 Å². The minimum atomic E-state index is -0.857. The fourth-order valence-electron chi connectivity index (χ4n) is 5.52. The molecule has 2 aromatic carbocycles. The predicted octanol–water partition coefficient (Wildman–Crippen LogP) is 2.99. The highest BCUT2D eigenvalue weighted by molar-refractivity contribution is 5.95. The standard InChI is InChI=1S/C26H24N2O5/c29-24(28-16-11-12-23(28)21(14-16)25(30)31)10-5-13-27-26(32)33-15-22-19-8-3-1-6-17(19)18-7-2-4-9-20(18)22/h1-4,6-9,16,21-23H,11-15H2,(H,27,32)(H,30,31)/t16-,21+,23+/m1/s1. The summed E-state index contributed by atoms with van der Waals surface area (Å²) in [5.74, 6) is 3.44. The molecule has 0 unspecified atom stereocenters. The molecule has 168 valence electrons. The minimum absolute atomic E-state index is 0.0199. The van der Waals surface area contributed by atoms with Crippen LogP contribution in [-0.2, 0) is 14.3 Å². The molecule has 7 heteroatoms. The van der Waals surface area contributed by atoms with Crippen molar-refractivity contribution in [2.75, 3.05) is 13.2 Å². The maximum atomic E-state index is 12.5. The number of carboxylic acid groups (broad SMARTS) is 1. The van der Waals surface area contributed by atoms with E-state index in [4.69, 9.17) is 4.74 Å². The van der Waals surface area contributed by atoms with E-state index in [-0.39, 0.29) is 37.1 Å². The zero-order chi connectivity index (χ0) is 22.9. The molecule has 2 aromatic rings. The van der Waals surface area contributed by atoms with Gasteiger partial charge in [0.2, 0.25) is 0 Å². The first-order valence-electron chi connectivity index (χ1n) is 11.2. The van der Waals surface area contributed by atoms with E-state index in [1.54, 1.807) is 4.90 Å². The molecule has 33 heavy (non-hydrogen) atoms. The van der Waals surface area contributed by atoms with Crippen LogP contribution in [0.4, 0.5) is 4.79 Å². The molecule has 0 radical (unpaired) electrons. The van der Waals surface area contributed by atoms with Gasteiger partial charge in [0.05, 0.1) is 12.5 Å². The van der Waals surface area contributed by atoms with Crippen molar-refractivity contribution >= 4 is 18.0 Å². The van der Waals surface area contributed by atoms with Crippen LogP contribution in [0.25, 0.3) is 11.1 Å². The van der Waals surface area contributed by atoms with E-state index in [1.807, 2.05) is 24.3 Å². The van der Waals surface area contributed by atoms with Gasteiger partial charge in [-0.1, -0.05) is 54.5 Å². The molecule has 3 atom stereocenters. The zero-order valence-electron chi connectivity index (χ0n) is 18.0. The molecule has 2 bridgehead atoms. The van der Waals surface area contributed by atoms with Gasteiger partial charge in [-0.25, -0.2) is 4.79 Å². The number of hydrogen-bond acceptors (Lipinski definition) is 4. The minimum Gasteiger partial charge on any atom is -0.481 e. The van der Waals surface area contributed by atoms with E-state index in [0.717, 1.165) is 28.7 Å². The summed E-state index contributed by atoms with van der Waals surface area (Å²) in [6.07, 6.45) is 1.42. The number of carbonyl (C=O) groups is 3. The van der Waals surface area contributed by atoms with Crippen LogP contribution in [0.15, 0.2) is 48.5 Å². The van der Waals surface area contributed by atoms with Crippen LogP contribution in [0.5, 0.6) is 0 Å². The maximum Gasteiger partial charge on any atom is 0.407 e. The molecule has 2 heterocycles. The highest BCUT2D eigenvalue weighted by atomic mass is 16.5. The third-order valence-electron chi connectivity index (χ3n) is 6.95. The lowest BCUT2D eigenvalue weighted by Crippen LogP contribution is -2.37. The summed E-state index contributed by atoms with van der Waals surface area (Å²) in [5.41, 5.74) is 4.59. The van der Waals surface area contributed by atoms with Crippen LogP contribution in [0.2, 0.25) is 0 Å². The Hall–Kier alpha value is -3.79. The van der Waals surface area contributed by atoms with Crippen molar-refractivity contribution < 1.29 is 24.2 Å². The summed E-state index contributed by atoms with van der Waals surface area (Å²) < 4.78 is 5.45. The molecule has 1 aliphatic carbocycles. The van der Waals surface area contributed by atoms with Gasteiger partial charge in [-0.05, 0) is 47.4 Å². The molecule has 0 spiro atoms. The molecule has 0 saturated carbocycles. The van der Waals surface area contributed by atoms with Gasteiger partial charge in [0.25, 0.3) is 5.91 Å². The SMILES string of the molecule is O=C(NCC#CC(=O)N1[C@@H]2CC[C@H]1[C@@H](C(=O)O)C2)OCC1c2ccccc2-c2ccccc21. The number of fused-ring (bicyclic) bond motifs is 5. The summed E-state index contributed by atoms with van der Waals surface area (Å²) in [7, 11) is 0. The number of nitrogens with zero attached hydrogens (tertiary/aromatic N) is 1. The van der Waals surface area contributed by atoms with Gasteiger partial charge >= 0.3 is 12.1 Å². The number of rotatable bonds is 4. The van der Waals surface area contributed by atoms with E-state index in [9.17, 15) is 19.5 Å². The molecule has 2 aliphatic heterocycles. The van der Waals surface area contributed by atoms with Crippen molar-refractivity contribution in [3.63, 3.8) is 0 Å². The maximum absolute atomic E-state index is 12.5. The topological polar surface area (TPSA) is 95.9 Å². The molecule has 2 saturated heterocycles. The zero-order valence-corrected chi connectivity index (χ0v) is 18.0. The summed E-state index contributed by atoms with van der Waals surface area (Å²) in [4.78, 5) is 37.6. The smallest absolute Gasteiger partial charge is 0.407 e. The predicted molar refractivity (Wildman–Crippen MR) is 120 cm³/mol. The number of aliphatic carboxylic acids is 1. The monoisotopic (exact) mass is 444 g/mol. The third kappa shape index (κ3) is 3.82. The molecule has 0 aromatic heterocycles. The van der Waals surface area contributed by atoms with E-state index in [2.05, 4.69) is 41.4 Å². The first kappa shape index (κ1) is 21.1. The Morgan fingerprint density at radius 2 is 1.70 bits per heavy atom. The normalized spacial score (nSPS) is 22.2. The van der Waals surface area contributed by atoms with Gasteiger partial charge in [0.15, 0.2) is 0 Å². The Morgan fingerprint density at radius 1 is 1.03 bits per heavy atom. The average Bonchev–Trinajstić information content (AvgIpc) is 3.50. The van der Waals surface area contributed by atoms with Crippen LogP contribution >= 0.6 is 0 Å². The molecule has 7 nitrogen and oxygen atoms in total. The first-order valence-corrected chi connectivity index (χ1v) is 11.2. The van der Waals surface area contributed by atoms with Crippen molar-refractivity contribution in [2.24, 2.45) is 5.92 Å². The number of hydrogen-bond donors (Lipinski definition) is 2. The second kappa shape index (κ2) is 8.62. The Labute approximate surface area is 191 Å².